The van der Waals surface area contributed by atoms with Gasteiger partial charge in [0, 0.05) is 17.7 Å². The highest BCUT2D eigenvalue weighted by atomic mass is 16.6. The van der Waals surface area contributed by atoms with E-state index in [1.807, 2.05) is 0 Å². The van der Waals surface area contributed by atoms with Gasteiger partial charge in [-0.15, -0.1) is 0 Å². The SMILES string of the molecule is COc1ccc([N+](=O)[O-])cc1COC(=O)C(NC(=O)c1ccco1)C(C)C. The van der Waals surface area contributed by atoms with Crippen LogP contribution < -0.4 is 10.1 Å². The molecule has 0 radical (unpaired) electrons. The largest absolute Gasteiger partial charge is 0.496 e. The summed E-state index contributed by atoms with van der Waals surface area (Å²) >= 11 is 0. The van der Waals surface area contributed by atoms with Crippen LogP contribution in [0.25, 0.3) is 0 Å². The lowest BCUT2D eigenvalue weighted by atomic mass is 10.0. The number of carbonyl (C=O) groups excluding carboxylic acids is 2. The number of nitrogens with one attached hydrogen (secondary N) is 1. The first kappa shape index (κ1) is 20.0. The molecule has 1 aromatic carbocycles. The number of benzene rings is 1. The number of non-ortho nitro benzene ring substituents is 1. The highest BCUT2D eigenvalue weighted by molar-refractivity contribution is 5.94. The van der Waals surface area contributed by atoms with E-state index in [1.165, 1.54) is 37.6 Å². The fraction of sp³-hybridized carbons (Fsp3) is 0.333. The van der Waals surface area contributed by atoms with Gasteiger partial charge in [0.1, 0.15) is 18.4 Å². The van der Waals surface area contributed by atoms with E-state index in [-0.39, 0.29) is 24.0 Å². The number of esters is 1. The van der Waals surface area contributed by atoms with E-state index in [0.29, 0.717) is 11.3 Å². The Morgan fingerprint density at radius 3 is 2.59 bits per heavy atom. The van der Waals surface area contributed by atoms with Gasteiger partial charge in [-0.05, 0) is 24.1 Å². The number of ether oxygens (including phenoxy) is 2. The van der Waals surface area contributed by atoms with Crippen LogP contribution in [0.2, 0.25) is 0 Å². The van der Waals surface area contributed by atoms with E-state index in [4.69, 9.17) is 13.9 Å². The topological polar surface area (TPSA) is 121 Å². The van der Waals surface area contributed by atoms with Gasteiger partial charge in [0.15, 0.2) is 5.76 Å². The Balaban J connectivity index is 2.08. The van der Waals surface area contributed by atoms with E-state index >= 15 is 0 Å². The van der Waals surface area contributed by atoms with Gasteiger partial charge in [-0.25, -0.2) is 4.79 Å². The normalized spacial score (nSPS) is 11.7. The van der Waals surface area contributed by atoms with Crippen molar-refractivity contribution >= 4 is 17.6 Å². The second-order valence-electron chi connectivity index (χ2n) is 6.03. The molecule has 0 saturated carbocycles. The van der Waals surface area contributed by atoms with Crippen LogP contribution in [0, 0.1) is 16.0 Å². The maximum Gasteiger partial charge on any atom is 0.329 e. The summed E-state index contributed by atoms with van der Waals surface area (Å²) in [4.78, 5) is 34.9. The average Bonchev–Trinajstić information content (AvgIpc) is 3.18. The molecule has 0 aliphatic rings. The Bertz CT molecular complexity index is 815. The summed E-state index contributed by atoms with van der Waals surface area (Å²) in [6.07, 6.45) is 1.35. The third kappa shape index (κ3) is 5.06. The standard InChI is InChI=1S/C18H20N2O7/c1-11(2)16(19-17(21)15-5-4-8-26-15)18(22)27-10-12-9-13(20(23)24)6-7-14(12)25-3/h4-9,11,16H,10H2,1-3H3,(H,19,21). The highest BCUT2D eigenvalue weighted by Crippen LogP contribution is 2.25. The number of carbonyl (C=O) groups is 2. The Labute approximate surface area is 155 Å². The summed E-state index contributed by atoms with van der Waals surface area (Å²) in [5, 5.41) is 13.5. The summed E-state index contributed by atoms with van der Waals surface area (Å²) in [6.45, 7) is 3.27. The van der Waals surface area contributed by atoms with E-state index in [0.717, 1.165) is 0 Å². The maximum absolute atomic E-state index is 12.4. The minimum absolute atomic E-state index is 0.0776. The maximum atomic E-state index is 12.4. The second-order valence-corrected chi connectivity index (χ2v) is 6.03. The lowest BCUT2D eigenvalue weighted by Gasteiger charge is -2.20. The number of amides is 1. The molecule has 9 heteroatoms. The Morgan fingerprint density at radius 1 is 1.30 bits per heavy atom. The first-order chi connectivity index (χ1) is 12.8. The first-order valence-electron chi connectivity index (χ1n) is 8.15. The van der Waals surface area contributed by atoms with Crippen molar-refractivity contribution in [3.05, 3.63) is 58.0 Å². The molecule has 0 bridgehead atoms. The number of methoxy groups -OCH3 is 1. The number of rotatable bonds is 8. The lowest BCUT2D eigenvalue weighted by Crippen LogP contribution is -2.45. The van der Waals surface area contributed by atoms with Gasteiger partial charge < -0.3 is 19.2 Å². The van der Waals surface area contributed by atoms with Crippen LogP contribution in [0.1, 0.15) is 30.0 Å². The monoisotopic (exact) mass is 376 g/mol. The summed E-state index contributed by atoms with van der Waals surface area (Å²) < 4.78 is 15.4. The molecular weight excluding hydrogens is 356 g/mol. The van der Waals surface area contributed by atoms with Gasteiger partial charge in [-0.2, -0.15) is 0 Å². The molecule has 2 aromatic rings. The molecule has 144 valence electrons. The van der Waals surface area contributed by atoms with Crippen LogP contribution in [-0.2, 0) is 16.1 Å². The zero-order chi connectivity index (χ0) is 20.0. The zero-order valence-corrected chi connectivity index (χ0v) is 15.1. The van der Waals surface area contributed by atoms with Crippen LogP contribution in [0.5, 0.6) is 5.75 Å². The minimum atomic E-state index is -0.910. The Kier molecular flexibility index (Phi) is 6.53. The average molecular weight is 376 g/mol. The molecule has 1 heterocycles. The third-order valence-corrected chi connectivity index (χ3v) is 3.80. The first-order valence-corrected chi connectivity index (χ1v) is 8.15. The third-order valence-electron chi connectivity index (χ3n) is 3.80. The van der Waals surface area contributed by atoms with Crippen molar-refractivity contribution in [2.75, 3.05) is 7.11 Å². The molecule has 0 aliphatic carbocycles. The van der Waals surface area contributed by atoms with Gasteiger partial charge in [0.05, 0.1) is 18.3 Å². The van der Waals surface area contributed by atoms with E-state index in [9.17, 15) is 19.7 Å². The van der Waals surface area contributed by atoms with Crippen molar-refractivity contribution in [2.24, 2.45) is 5.92 Å². The smallest absolute Gasteiger partial charge is 0.329 e. The predicted molar refractivity (Wildman–Crippen MR) is 94.2 cm³/mol. The minimum Gasteiger partial charge on any atom is -0.496 e. The van der Waals surface area contributed by atoms with Gasteiger partial charge in [-0.3, -0.25) is 14.9 Å². The summed E-state index contributed by atoms with van der Waals surface area (Å²) in [6, 6.07) is 6.13. The van der Waals surface area contributed by atoms with Crippen molar-refractivity contribution in [1.82, 2.24) is 5.32 Å². The fourth-order valence-corrected chi connectivity index (χ4v) is 2.35. The van der Waals surface area contributed by atoms with Gasteiger partial charge in [-0.1, -0.05) is 13.8 Å². The number of hydrogen-bond donors (Lipinski definition) is 1. The van der Waals surface area contributed by atoms with E-state index in [2.05, 4.69) is 5.32 Å². The van der Waals surface area contributed by atoms with Crippen LogP contribution in [-0.4, -0.2) is 30.0 Å². The second kappa shape index (κ2) is 8.84. The molecule has 2 rings (SSSR count). The zero-order valence-electron chi connectivity index (χ0n) is 15.1. The van der Waals surface area contributed by atoms with Crippen LogP contribution in [0.3, 0.4) is 0 Å². The van der Waals surface area contributed by atoms with Crippen LogP contribution in [0.4, 0.5) is 5.69 Å². The molecule has 1 aromatic heterocycles. The highest BCUT2D eigenvalue weighted by Gasteiger charge is 2.27. The van der Waals surface area contributed by atoms with Gasteiger partial charge in [0.25, 0.3) is 11.6 Å². The molecule has 1 amide bonds. The van der Waals surface area contributed by atoms with Crippen molar-refractivity contribution in [1.29, 1.82) is 0 Å². The summed E-state index contributed by atoms with van der Waals surface area (Å²) in [5.74, 6) is -1.02. The molecule has 9 nitrogen and oxygen atoms in total. The number of furan rings is 1. The Morgan fingerprint density at radius 2 is 2.04 bits per heavy atom. The number of nitro groups is 1. The molecule has 0 saturated heterocycles. The molecule has 27 heavy (non-hydrogen) atoms. The lowest BCUT2D eigenvalue weighted by molar-refractivity contribution is -0.385. The van der Waals surface area contributed by atoms with Crippen LogP contribution >= 0.6 is 0 Å². The Hall–Kier alpha value is -3.36. The van der Waals surface area contributed by atoms with Gasteiger partial charge >= 0.3 is 5.97 Å². The molecule has 1 atom stereocenters. The predicted octanol–water partition coefficient (Wildman–Crippen LogP) is 2.69. The molecule has 1 N–H and O–H groups in total. The van der Waals surface area contributed by atoms with E-state index in [1.54, 1.807) is 19.9 Å². The number of nitro benzene ring substituents is 1. The number of hydrogen-bond acceptors (Lipinski definition) is 7. The molecule has 0 spiro atoms. The summed E-state index contributed by atoms with van der Waals surface area (Å²) in [5.41, 5.74) is 0.202. The van der Waals surface area contributed by atoms with Crippen molar-refractivity contribution in [3.8, 4) is 5.75 Å². The molecule has 0 fully saturated rings. The van der Waals surface area contributed by atoms with Crippen molar-refractivity contribution < 1.29 is 28.4 Å². The van der Waals surface area contributed by atoms with Gasteiger partial charge in [0.2, 0.25) is 0 Å². The van der Waals surface area contributed by atoms with Crippen LogP contribution in [0.15, 0.2) is 41.0 Å². The molecular formula is C18H20N2O7. The van der Waals surface area contributed by atoms with Crippen molar-refractivity contribution in [3.63, 3.8) is 0 Å². The molecule has 0 aliphatic heterocycles. The summed E-state index contributed by atoms with van der Waals surface area (Å²) in [7, 11) is 1.41. The fourth-order valence-electron chi connectivity index (χ4n) is 2.35. The quantitative estimate of drug-likeness (QED) is 0.427. The van der Waals surface area contributed by atoms with E-state index < -0.39 is 22.8 Å². The number of nitrogens with zero attached hydrogens (tertiary/aromatic N) is 1. The molecule has 1 unspecified atom stereocenters. The van der Waals surface area contributed by atoms with Crippen molar-refractivity contribution in [2.45, 2.75) is 26.5 Å².